The third-order valence-electron chi connectivity index (χ3n) is 2.15. The van der Waals surface area contributed by atoms with Gasteiger partial charge in [-0.25, -0.2) is 4.39 Å². The summed E-state index contributed by atoms with van der Waals surface area (Å²) >= 11 is 5.11. The second kappa shape index (κ2) is 5.51. The Morgan fingerprint density at radius 1 is 1.06 bits per heavy atom. The number of benzene rings is 2. The lowest BCUT2D eigenvalue weighted by molar-refractivity contribution is 0.626. The maximum absolute atomic E-state index is 12.9. The summed E-state index contributed by atoms with van der Waals surface area (Å²) in [6.07, 6.45) is 0. The summed E-state index contributed by atoms with van der Waals surface area (Å²) in [5.41, 5.74) is 1.11. The molecule has 3 heteroatoms. The van der Waals surface area contributed by atoms with Crippen molar-refractivity contribution >= 4 is 27.7 Å². The van der Waals surface area contributed by atoms with Crippen molar-refractivity contribution in [3.8, 4) is 0 Å². The molecule has 0 N–H and O–H groups in total. The molecule has 0 aliphatic carbocycles. The van der Waals surface area contributed by atoms with E-state index in [0.717, 1.165) is 15.8 Å². The van der Waals surface area contributed by atoms with Crippen LogP contribution in [-0.2, 0) is 5.75 Å². The zero-order valence-corrected chi connectivity index (χ0v) is 10.9. The van der Waals surface area contributed by atoms with Crippen LogP contribution in [0, 0.1) is 5.82 Å². The third-order valence-corrected chi connectivity index (χ3v) is 3.95. The minimum Gasteiger partial charge on any atom is -0.207 e. The normalized spacial score (nSPS) is 10.4. The molecule has 0 fully saturated rings. The van der Waals surface area contributed by atoms with E-state index in [2.05, 4.69) is 28.1 Å². The Hall–Kier alpha value is -0.800. The highest BCUT2D eigenvalue weighted by molar-refractivity contribution is 9.10. The van der Waals surface area contributed by atoms with Gasteiger partial charge in [0.05, 0.1) is 0 Å². The van der Waals surface area contributed by atoms with Crippen LogP contribution in [0.4, 0.5) is 4.39 Å². The van der Waals surface area contributed by atoms with E-state index in [1.54, 1.807) is 11.8 Å². The van der Waals surface area contributed by atoms with Crippen LogP contribution < -0.4 is 0 Å². The Labute approximate surface area is 107 Å². The molecule has 0 saturated heterocycles. The first-order valence-corrected chi connectivity index (χ1v) is 6.65. The zero-order valence-electron chi connectivity index (χ0n) is 8.49. The lowest BCUT2D eigenvalue weighted by Gasteiger charge is -2.04. The summed E-state index contributed by atoms with van der Waals surface area (Å²) in [5.74, 6) is 0.630. The Kier molecular flexibility index (Phi) is 4.02. The van der Waals surface area contributed by atoms with Crippen LogP contribution in [0.2, 0.25) is 0 Å². The molecule has 0 saturated carbocycles. The molecule has 0 unspecified atom stereocenters. The van der Waals surface area contributed by atoms with Gasteiger partial charge in [-0.05, 0) is 29.8 Å². The quantitative estimate of drug-likeness (QED) is 0.728. The van der Waals surface area contributed by atoms with Gasteiger partial charge in [0.2, 0.25) is 0 Å². The highest BCUT2D eigenvalue weighted by Gasteiger charge is 2.02. The lowest BCUT2D eigenvalue weighted by atomic mass is 10.2. The van der Waals surface area contributed by atoms with E-state index >= 15 is 0 Å². The summed E-state index contributed by atoms with van der Waals surface area (Å²) in [7, 11) is 0. The predicted octanol–water partition coefficient (Wildman–Crippen LogP) is 4.88. The first-order chi connectivity index (χ1) is 7.75. The molecule has 0 aromatic heterocycles. The number of halogens is 2. The van der Waals surface area contributed by atoms with Crippen LogP contribution >= 0.6 is 27.7 Å². The van der Waals surface area contributed by atoms with Gasteiger partial charge in [-0.1, -0.05) is 40.2 Å². The summed E-state index contributed by atoms with van der Waals surface area (Å²) < 4.78 is 13.7. The topological polar surface area (TPSA) is 0 Å². The fraction of sp³-hybridized carbons (Fsp3) is 0.0769. The Balaban J connectivity index is 2.05. The SMILES string of the molecule is Fc1ccc(CSc2ccccc2)c(Br)c1. The average Bonchev–Trinajstić information content (AvgIpc) is 2.29. The summed E-state index contributed by atoms with van der Waals surface area (Å²) in [6.45, 7) is 0. The second-order valence-electron chi connectivity index (χ2n) is 3.34. The van der Waals surface area contributed by atoms with E-state index in [-0.39, 0.29) is 5.82 Å². The van der Waals surface area contributed by atoms with E-state index in [4.69, 9.17) is 0 Å². The van der Waals surface area contributed by atoms with Crippen molar-refractivity contribution in [2.75, 3.05) is 0 Å². The molecular weight excluding hydrogens is 287 g/mol. The smallest absolute Gasteiger partial charge is 0.124 e. The molecule has 2 aromatic carbocycles. The summed E-state index contributed by atoms with van der Waals surface area (Å²) in [5, 5.41) is 0. The van der Waals surface area contributed by atoms with Crippen LogP contribution in [-0.4, -0.2) is 0 Å². The van der Waals surface area contributed by atoms with Crippen LogP contribution in [0.3, 0.4) is 0 Å². The predicted molar refractivity (Wildman–Crippen MR) is 70.1 cm³/mol. The van der Waals surface area contributed by atoms with Crippen molar-refractivity contribution in [2.45, 2.75) is 10.6 Å². The van der Waals surface area contributed by atoms with Crippen LogP contribution in [0.25, 0.3) is 0 Å². The monoisotopic (exact) mass is 296 g/mol. The van der Waals surface area contributed by atoms with E-state index in [0.29, 0.717) is 0 Å². The Morgan fingerprint density at radius 3 is 2.50 bits per heavy atom. The highest BCUT2D eigenvalue weighted by Crippen LogP contribution is 2.27. The van der Waals surface area contributed by atoms with Gasteiger partial charge in [-0.2, -0.15) is 0 Å². The van der Waals surface area contributed by atoms with Gasteiger partial charge >= 0.3 is 0 Å². The van der Waals surface area contributed by atoms with Crippen LogP contribution in [0.15, 0.2) is 57.9 Å². The first kappa shape index (κ1) is 11.7. The number of hydrogen-bond donors (Lipinski definition) is 0. The van der Waals surface area contributed by atoms with Crippen molar-refractivity contribution in [1.29, 1.82) is 0 Å². The van der Waals surface area contributed by atoms with Crippen molar-refractivity contribution in [3.05, 3.63) is 64.4 Å². The minimum atomic E-state index is -0.208. The second-order valence-corrected chi connectivity index (χ2v) is 5.24. The molecule has 16 heavy (non-hydrogen) atoms. The largest absolute Gasteiger partial charge is 0.207 e. The molecule has 2 aromatic rings. The van der Waals surface area contributed by atoms with Crippen molar-refractivity contribution in [2.24, 2.45) is 0 Å². The van der Waals surface area contributed by atoms with E-state index in [1.165, 1.54) is 17.0 Å². The van der Waals surface area contributed by atoms with E-state index in [9.17, 15) is 4.39 Å². The van der Waals surface area contributed by atoms with Gasteiger partial charge in [0.25, 0.3) is 0 Å². The van der Waals surface area contributed by atoms with E-state index < -0.39 is 0 Å². The summed E-state index contributed by atoms with van der Waals surface area (Å²) in [6, 6.07) is 15.0. The van der Waals surface area contributed by atoms with Crippen molar-refractivity contribution in [3.63, 3.8) is 0 Å². The molecule has 2 rings (SSSR count). The first-order valence-electron chi connectivity index (χ1n) is 4.87. The molecule has 0 spiro atoms. The van der Waals surface area contributed by atoms with Gasteiger partial charge in [-0.3, -0.25) is 0 Å². The number of thioether (sulfide) groups is 1. The molecule has 0 heterocycles. The molecule has 0 bridgehead atoms. The summed E-state index contributed by atoms with van der Waals surface area (Å²) in [4.78, 5) is 1.22. The van der Waals surface area contributed by atoms with Gasteiger partial charge in [0.15, 0.2) is 0 Å². The molecular formula is C13H10BrFS. The standard InChI is InChI=1S/C13H10BrFS/c14-13-8-11(15)7-6-10(13)9-16-12-4-2-1-3-5-12/h1-8H,9H2. The number of hydrogen-bond acceptors (Lipinski definition) is 1. The molecule has 0 aliphatic heterocycles. The lowest BCUT2D eigenvalue weighted by Crippen LogP contribution is -1.84. The minimum absolute atomic E-state index is 0.208. The van der Waals surface area contributed by atoms with Gasteiger partial charge in [0.1, 0.15) is 5.82 Å². The number of rotatable bonds is 3. The maximum Gasteiger partial charge on any atom is 0.124 e. The maximum atomic E-state index is 12.9. The van der Waals surface area contributed by atoms with Crippen LogP contribution in [0.1, 0.15) is 5.56 Å². The molecule has 0 radical (unpaired) electrons. The van der Waals surface area contributed by atoms with Crippen molar-refractivity contribution in [1.82, 2.24) is 0 Å². The molecule has 0 aliphatic rings. The Bertz CT molecular complexity index is 471. The average molecular weight is 297 g/mol. The zero-order chi connectivity index (χ0) is 11.4. The Morgan fingerprint density at radius 2 is 1.81 bits per heavy atom. The van der Waals surface area contributed by atoms with Crippen molar-refractivity contribution < 1.29 is 4.39 Å². The van der Waals surface area contributed by atoms with Gasteiger partial charge in [-0.15, -0.1) is 11.8 Å². The van der Waals surface area contributed by atoms with Crippen LogP contribution in [0.5, 0.6) is 0 Å². The molecule has 0 nitrogen and oxygen atoms in total. The molecule has 0 atom stereocenters. The van der Waals surface area contributed by atoms with E-state index in [1.807, 2.05) is 24.3 Å². The highest BCUT2D eigenvalue weighted by atomic mass is 79.9. The fourth-order valence-electron chi connectivity index (χ4n) is 1.32. The van der Waals surface area contributed by atoms with Gasteiger partial charge in [0, 0.05) is 15.1 Å². The molecule has 82 valence electrons. The third kappa shape index (κ3) is 3.09. The molecule has 0 amide bonds. The fourth-order valence-corrected chi connectivity index (χ4v) is 2.92. The van der Waals surface area contributed by atoms with Gasteiger partial charge < -0.3 is 0 Å².